The van der Waals surface area contributed by atoms with Crippen LogP contribution in [0.4, 0.5) is 11.4 Å². The fourth-order valence-electron chi connectivity index (χ4n) is 5.26. The Balaban J connectivity index is 1.60. The Hall–Kier alpha value is -2.38. The number of halogens is 1. The van der Waals surface area contributed by atoms with Crippen LogP contribution in [0.15, 0.2) is 35.4 Å². The van der Waals surface area contributed by atoms with E-state index in [2.05, 4.69) is 28.9 Å². The average molecular weight is 391 g/mol. The topological polar surface area (TPSA) is 32.9 Å². The summed E-state index contributed by atoms with van der Waals surface area (Å²) in [5.41, 5.74) is 6.16. The molecule has 2 atom stereocenters. The highest BCUT2D eigenvalue weighted by Crippen LogP contribution is 2.45. The number of rotatable bonds is 2. The number of aromatic nitrogens is 1. The van der Waals surface area contributed by atoms with Gasteiger partial charge in [-0.25, -0.2) is 4.85 Å². The fourth-order valence-corrected chi connectivity index (χ4v) is 5.48. The zero-order valence-electron chi connectivity index (χ0n) is 16.0. The molecule has 1 fully saturated rings. The van der Waals surface area contributed by atoms with Gasteiger partial charge in [0, 0.05) is 27.9 Å². The maximum absolute atomic E-state index is 7.26. The van der Waals surface area contributed by atoms with Gasteiger partial charge >= 0.3 is 0 Å². The van der Waals surface area contributed by atoms with Crippen LogP contribution in [0.25, 0.3) is 4.85 Å². The summed E-state index contributed by atoms with van der Waals surface area (Å²) in [5, 5.41) is 7.87. The van der Waals surface area contributed by atoms with Gasteiger partial charge < -0.3 is 0 Å². The van der Waals surface area contributed by atoms with Gasteiger partial charge in [-0.2, -0.15) is 5.10 Å². The van der Waals surface area contributed by atoms with E-state index >= 15 is 0 Å². The van der Waals surface area contributed by atoms with Crippen molar-refractivity contribution in [3.63, 3.8) is 0 Å². The predicted molar refractivity (Wildman–Crippen MR) is 113 cm³/mol. The first-order valence-electron chi connectivity index (χ1n) is 10.2. The second kappa shape index (κ2) is 6.90. The van der Waals surface area contributed by atoms with Crippen LogP contribution in [0.3, 0.4) is 0 Å². The molecular formula is C23H23ClN4. The molecular weight excluding hydrogens is 368 g/mol. The minimum absolute atomic E-state index is 0.377. The highest BCUT2D eigenvalue weighted by molar-refractivity contribution is 6.33. The molecule has 2 aromatic rings. The molecule has 1 aliphatic heterocycles. The summed E-state index contributed by atoms with van der Waals surface area (Å²) in [4.78, 5) is 8.28. The van der Waals surface area contributed by atoms with Crippen molar-refractivity contribution in [2.24, 2.45) is 16.9 Å². The molecule has 2 heterocycles. The lowest BCUT2D eigenvalue weighted by atomic mass is 9.76. The van der Waals surface area contributed by atoms with E-state index in [1.165, 1.54) is 42.7 Å². The lowest BCUT2D eigenvalue weighted by Crippen LogP contribution is -2.40. The Morgan fingerprint density at radius 2 is 1.96 bits per heavy atom. The van der Waals surface area contributed by atoms with Gasteiger partial charge in [-0.15, -0.1) is 0 Å². The van der Waals surface area contributed by atoms with Gasteiger partial charge in [0.25, 0.3) is 0 Å². The largest absolute Gasteiger partial charge is 0.261 e. The van der Waals surface area contributed by atoms with E-state index in [4.69, 9.17) is 28.3 Å². The molecule has 1 aromatic heterocycles. The molecule has 0 bridgehead atoms. The summed E-state index contributed by atoms with van der Waals surface area (Å²) in [6.07, 6.45) is 7.29. The van der Waals surface area contributed by atoms with E-state index in [0.29, 0.717) is 28.6 Å². The lowest BCUT2D eigenvalue weighted by Gasteiger charge is -2.34. The van der Waals surface area contributed by atoms with E-state index in [9.17, 15) is 0 Å². The van der Waals surface area contributed by atoms with Crippen LogP contribution in [-0.2, 0) is 6.42 Å². The molecule has 1 aromatic carbocycles. The third kappa shape index (κ3) is 2.81. The molecule has 0 amide bonds. The number of hydrogen-bond acceptors (Lipinski definition) is 3. The minimum atomic E-state index is 0.377. The van der Waals surface area contributed by atoms with Crippen molar-refractivity contribution >= 4 is 28.7 Å². The van der Waals surface area contributed by atoms with Crippen molar-refractivity contribution in [3.05, 3.63) is 63.7 Å². The van der Waals surface area contributed by atoms with Crippen molar-refractivity contribution in [3.8, 4) is 0 Å². The lowest BCUT2D eigenvalue weighted by molar-refractivity contribution is 0.353. The number of nitrogens with zero attached hydrogens (tertiary/aromatic N) is 4. The molecule has 0 saturated heterocycles. The molecule has 0 unspecified atom stereocenters. The molecule has 5 heteroatoms. The summed E-state index contributed by atoms with van der Waals surface area (Å²) in [5.74, 6) is 1.10. The molecule has 0 spiro atoms. The maximum Gasteiger partial charge on any atom is 0.205 e. The Morgan fingerprint density at radius 1 is 1.14 bits per heavy atom. The quantitative estimate of drug-likeness (QED) is 0.594. The highest BCUT2D eigenvalue weighted by atomic mass is 35.5. The molecule has 142 valence electrons. The number of pyridine rings is 1. The van der Waals surface area contributed by atoms with Crippen molar-refractivity contribution in [1.82, 2.24) is 4.98 Å². The second-order valence-electron chi connectivity index (χ2n) is 8.20. The molecule has 5 rings (SSSR count). The van der Waals surface area contributed by atoms with E-state index in [1.54, 1.807) is 0 Å². The van der Waals surface area contributed by atoms with Gasteiger partial charge in [-0.3, -0.25) is 9.99 Å². The fraction of sp³-hybridized carbons (Fsp3) is 0.435. The molecule has 0 N–H and O–H groups in total. The molecule has 2 aliphatic carbocycles. The third-order valence-electron chi connectivity index (χ3n) is 6.54. The van der Waals surface area contributed by atoms with Gasteiger partial charge in [0.2, 0.25) is 5.69 Å². The first-order valence-corrected chi connectivity index (χ1v) is 10.5. The standard InChI is InChI=1S/C23H23ClN4/c1-14-7-9-17-20(26-14)12-10-18-22(17)27-28(23(18)15-5-3-4-6-15)16-8-11-21(25-2)19(24)13-16/h7-9,11,13,15,18,23H,3-6,10,12H2,1H3/t18-,23-/m0/s1. The van der Waals surface area contributed by atoms with Gasteiger partial charge in [0.15, 0.2) is 0 Å². The zero-order valence-corrected chi connectivity index (χ0v) is 16.8. The number of benzene rings is 1. The SMILES string of the molecule is [C-]#[N+]c1ccc(N2N=C3c4ccc(C)nc4CC[C@@H]3[C@@H]2C2CCCC2)cc1Cl. The van der Waals surface area contributed by atoms with Gasteiger partial charge in [0.1, 0.15) is 0 Å². The summed E-state index contributed by atoms with van der Waals surface area (Å²) < 4.78 is 0. The zero-order chi connectivity index (χ0) is 19.3. The van der Waals surface area contributed by atoms with Crippen LogP contribution in [0.2, 0.25) is 5.02 Å². The van der Waals surface area contributed by atoms with Crippen molar-refractivity contribution in [2.75, 3.05) is 5.01 Å². The Bertz CT molecular complexity index is 1000. The van der Waals surface area contributed by atoms with Gasteiger partial charge in [-0.1, -0.05) is 30.5 Å². The third-order valence-corrected chi connectivity index (χ3v) is 6.84. The predicted octanol–water partition coefficient (Wildman–Crippen LogP) is 5.94. The Kier molecular flexibility index (Phi) is 4.36. The molecule has 3 aliphatic rings. The number of hydrogen-bond donors (Lipinski definition) is 0. The van der Waals surface area contributed by atoms with Crippen molar-refractivity contribution < 1.29 is 0 Å². The van der Waals surface area contributed by atoms with Crippen LogP contribution in [0.1, 0.15) is 49.1 Å². The van der Waals surface area contributed by atoms with E-state index in [-0.39, 0.29) is 0 Å². The molecule has 4 nitrogen and oxygen atoms in total. The molecule has 0 radical (unpaired) electrons. The minimum Gasteiger partial charge on any atom is -0.261 e. The summed E-state index contributed by atoms with van der Waals surface area (Å²) >= 11 is 6.37. The Morgan fingerprint density at radius 3 is 2.71 bits per heavy atom. The Labute approximate surface area is 171 Å². The van der Waals surface area contributed by atoms with Crippen LogP contribution in [0.5, 0.6) is 0 Å². The first kappa shape index (κ1) is 17.7. The smallest absolute Gasteiger partial charge is 0.205 e. The average Bonchev–Trinajstić information content (AvgIpc) is 3.34. The highest BCUT2D eigenvalue weighted by Gasteiger charge is 2.45. The van der Waals surface area contributed by atoms with E-state index < -0.39 is 0 Å². The summed E-state index contributed by atoms with van der Waals surface area (Å²) in [6, 6.07) is 10.4. The number of fused-ring (bicyclic) bond motifs is 3. The van der Waals surface area contributed by atoms with Gasteiger partial charge in [0.05, 0.1) is 24.0 Å². The van der Waals surface area contributed by atoms with Crippen molar-refractivity contribution in [2.45, 2.75) is 51.5 Å². The normalized spacial score (nSPS) is 23.9. The second-order valence-corrected chi connectivity index (χ2v) is 8.61. The summed E-state index contributed by atoms with van der Waals surface area (Å²) in [6.45, 7) is 9.32. The number of aryl methyl sites for hydroxylation is 2. The van der Waals surface area contributed by atoms with Crippen molar-refractivity contribution in [1.29, 1.82) is 0 Å². The summed E-state index contributed by atoms with van der Waals surface area (Å²) in [7, 11) is 0. The maximum atomic E-state index is 7.26. The van der Waals surface area contributed by atoms with Crippen LogP contribution >= 0.6 is 11.6 Å². The monoisotopic (exact) mass is 390 g/mol. The molecule has 28 heavy (non-hydrogen) atoms. The number of hydrazone groups is 1. The first-order chi connectivity index (χ1) is 13.7. The molecule has 1 saturated carbocycles. The van der Waals surface area contributed by atoms with Crippen LogP contribution in [0, 0.1) is 25.3 Å². The van der Waals surface area contributed by atoms with Crippen LogP contribution in [-0.4, -0.2) is 16.7 Å². The number of anilines is 1. The van der Waals surface area contributed by atoms with Gasteiger partial charge in [-0.05, 0) is 62.8 Å². The van der Waals surface area contributed by atoms with E-state index in [1.807, 2.05) is 18.2 Å². The van der Waals surface area contributed by atoms with Crippen LogP contribution < -0.4 is 5.01 Å². The van der Waals surface area contributed by atoms with E-state index in [0.717, 1.165) is 24.2 Å².